The van der Waals surface area contributed by atoms with Crippen LogP contribution in [0, 0.1) is 12.8 Å². The zero-order valence-electron chi connectivity index (χ0n) is 17.1. The van der Waals surface area contributed by atoms with E-state index in [1.54, 1.807) is 18.0 Å². The Labute approximate surface area is 175 Å². The molecule has 4 rings (SSSR count). The Hall–Kier alpha value is -2.60. The molecule has 0 saturated carbocycles. The summed E-state index contributed by atoms with van der Waals surface area (Å²) < 4.78 is 0. The topological polar surface area (TPSA) is 58.1 Å². The predicted molar refractivity (Wildman–Crippen MR) is 120 cm³/mol. The Morgan fingerprint density at radius 1 is 1.21 bits per heavy atom. The zero-order valence-corrected chi connectivity index (χ0v) is 17.9. The molecule has 0 atom stereocenters. The van der Waals surface area contributed by atoms with Crippen LogP contribution in [0.4, 0.5) is 11.4 Å². The van der Waals surface area contributed by atoms with Gasteiger partial charge in [-0.3, -0.25) is 4.79 Å². The lowest BCUT2D eigenvalue weighted by Gasteiger charge is -2.31. The molecule has 0 spiro atoms. The first kappa shape index (κ1) is 19.7. The van der Waals surface area contributed by atoms with E-state index in [1.165, 1.54) is 4.90 Å². The summed E-state index contributed by atoms with van der Waals surface area (Å²) in [6, 6.07) is 12.2. The molecule has 5 nitrogen and oxygen atoms in total. The maximum Gasteiger partial charge on any atom is 0.257 e. The van der Waals surface area contributed by atoms with Crippen LogP contribution in [0.1, 0.15) is 35.8 Å². The van der Waals surface area contributed by atoms with Crippen molar-refractivity contribution in [1.29, 1.82) is 0 Å². The third-order valence-corrected chi connectivity index (χ3v) is 6.23. The molecule has 1 aliphatic heterocycles. The van der Waals surface area contributed by atoms with Crippen molar-refractivity contribution in [2.45, 2.75) is 31.6 Å². The van der Waals surface area contributed by atoms with Crippen LogP contribution in [0.2, 0.25) is 0 Å². The monoisotopic (exact) mass is 406 g/mol. The summed E-state index contributed by atoms with van der Waals surface area (Å²) in [6.07, 6.45) is 5.83. The van der Waals surface area contributed by atoms with Crippen molar-refractivity contribution in [3.8, 4) is 0 Å². The predicted octanol–water partition coefficient (Wildman–Crippen LogP) is 5.28. The van der Waals surface area contributed by atoms with Gasteiger partial charge in [-0.25, -0.2) is 9.97 Å². The van der Waals surface area contributed by atoms with E-state index >= 15 is 0 Å². The molecule has 0 bridgehead atoms. The van der Waals surface area contributed by atoms with E-state index in [4.69, 9.17) is 0 Å². The van der Waals surface area contributed by atoms with Gasteiger partial charge in [0, 0.05) is 40.9 Å². The fourth-order valence-electron chi connectivity index (χ4n) is 3.70. The van der Waals surface area contributed by atoms with Crippen LogP contribution in [-0.4, -0.2) is 40.1 Å². The molecule has 0 aliphatic carbocycles. The second-order valence-electron chi connectivity index (χ2n) is 7.70. The summed E-state index contributed by atoms with van der Waals surface area (Å²) >= 11 is 1.69. The fourth-order valence-corrected chi connectivity index (χ4v) is 4.16. The molecule has 2 aromatic heterocycles. The highest BCUT2D eigenvalue weighted by molar-refractivity contribution is 7.98. The van der Waals surface area contributed by atoms with Gasteiger partial charge in [0.05, 0.1) is 11.3 Å². The number of aromatic nitrogens is 2. The number of nitrogens with one attached hydrogen (secondary N) is 1. The molecule has 1 aromatic carbocycles. The number of hydrogen-bond acceptors (Lipinski definition) is 5. The van der Waals surface area contributed by atoms with Crippen LogP contribution >= 0.6 is 11.8 Å². The normalized spacial score (nSPS) is 14.9. The average Bonchev–Trinajstić information content (AvgIpc) is 2.74. The third-order valence-electron chi connectivity index (χ3n) is 5.51. The van der Waals surface area contributed by atoms with E-state index in [0.717, 1.165) is 48.4 Å². The molecule has 150 valence electrons. The number of piperidine rings is 1. The first-order chi connectivity index (χ1) is 14.0. The SMILES string of the molecule is CSc1cccc(Nc2c(C(=O)N3CCC(C)CC3)cnc3nc(C)ccc23)c1. The van der Waals surface area contributed by atoms with Gasteiger partial charge in [0.15, 0.2) is 5.65 Å². The molecule has 6 heteroatoms. The highest BCUT2D eigenvalue weighted by atomic mass is 32.2. The first-order valence-corrected chi connectivity index (χ1v) is 11.2. The Morgan fingerprint density at radius 3 is 2.76 bits per heavy atom. The third kappa shape index (κ3) is 4.22. The van der Waals surface area contributed by atoms with E-state index in [-0.39, 0.29) is 5.91 Å². The van der Waals surface area contributed by atoms with Crippen LogP contribution in [0.25, 0.3) is 11.0 Å². The summed E-state index contributed by atoms with van der Waals surface area (Å²) in [7, 11) is 0. The summed E-state index contributed by atoms with van der Waals surface area (Å²) in [5.41, 5.74) is 3.89. The van der Waals surface area contributed by atoms with Crippen molar-refractivity contribution >= 4 is 40.1 Å². The van der Waals surface area contributed by atoms with E-state index in [0.29, 0.717) is 17.1 Å². The van der Waals surface area contributed by atoms with Crippen molar-refractivity contribution in [2.24, 2.45) is 5.92 Å². The van der Waals surface area contributed by atoms with Crippen molar-refractivity contribution in [3.63, 3.8) is 0 Å². The van der Waals surface area contributed by atoms with Gasteiger partial charge in [0.1, 0.15) is 0 Å². The molecule has 1 saturated heterocycles. The van der Waals surface area contributed by atoms with Crippen LogP contribution in [0.3, 0.4) is 0 Å². The second-order valence-corrected chi connectivity index (χ2v) is 8.58. The summed E-state index contributed by atoms with van der Waals surface area (Å²) in [5.74, 6) is 0.711. The number of aryl methyl sites for hydroxylation is 1. The maximum atomic E-state index is 13.4. The van der Waals surface area contributed by atoms with Gasteiger partial charge in [-0.15, -0.1) is 11.8 Å². The Kier molecular flexibility index (Phi) is 5.72. The minimum absolute atomic E-state index is 0.0374. The van der Waals surface area contributed by atoms with Gasteiger partial charge in [-0.05, 0) is 62.3 Å². The lowest BCUT2D eigenvalue weighted by atomic mass is 9.98. The summed E-state index contributed by atoms with van der Waals surface area (Å²) in [4.78, 5) is 25.6. The van der Waals surface area contributed by atoms with Gasteiger partial charge in [0.2, 0.25) is 0 Å². The molecule has 29 heavy (non-hydrogen) atoms. The number of anilines is 2. The van der Waals surface area contributed by atoms with Crippen LogP contribution < -0.4 is 5.32 Å². The largest absolute Gasteiger partial charge is 0.354 e. The molecule has 1 amide bonds. The number of hydrogen-bond donors (Lipinski definition) is 1. The fraction of sp³-hybridized carbons (Fsp3) is 0.348. The molecule has 3 aromatic rings. The van der Waals surface area contributed by atoms with Gasteiger partial charge in [-0.2, -0.15) is 0 Å². The van der Waals surface area contributed by atoms with Gasteiger partial charge < -0.3 is 10.2 Å². The lowest BCUT2D eigenvalue weighted by molar-refractivity contribution is 0.0698. The molecule has 0 radical (unpaired) electrons. The number of benzene rings is 1. The molecule has 3 heterocycles. The first-order valence-electron chi connectivity index (χ1n) is 10.0. The molecule has 1 aliphatic rings. The number of rotatable bonds is 4. The van der Waals surface area contributed by atoms with Crippen LogP contribution in [0.15, 0.2) is 47.5 Å². The molecular weight excluding hydrogens is 380 g/mol. The minimum atomic E-state index is 0.0374. The van der Waals surface area contributed by atoms with E-state index in [2.05, 4.69) is 40.6 Å². The minimum Gasteiger partial charge on any atom is -0.354 e. The van der Waals surface area contributed by atoms with Crippen molar-refractivity contribution < 1.29 is 4.79 Å². The number of thioether (sulfide) groups is 1. The number of pyridine rings is 2. The summed E-state index contributed by atoms with van der Waals surface area (Å²) in [6.45, 7) is 5.79. The Bertz CT molecular complexity index is 1040. The summed E-state index contributed by atoms with van der Waals surface area (Å²) in [5, 5.41) is 4.36. The highest BCUT2D eigenvalue weighted by Gasteiger charge is 2.25. The van der Waals surface area contributed by atoms with E-state index in [9.17, 15) is 4.79 Å². The number of likely N-dealkylation sites (tertiary alicyclic amines) is 1. The number of amides is 1. The highest BCUT2D eigenvalue weighted by Crippen LogP contribution is 2.31. The van der Waals surface area contributed by atoms with Gasteiger partial charge >= 0.3 is 0 Å². The maximum absolute atomic E-state index is 13.4. The quantitative estimate of drug-likeness (QED) is 0.598. The average molecular weight is 407 g/mol. The zero-order chi connectivity index (χ0) is 20.4. The molecule has 0 unspecified atom stereocenters. The van der Waals surface area contributed by atoms with Crippen LogP contribution in [-0.2, 0) is 0 Å². The molecule has 1 N–H and O–H groups in total. The standard InChI is InChI=1S/C23H26N4OS/c1-15-9-11-27(12-10-15)23(28)20-14-24-22-19(8-7-16(2)25-22)21(20)26-17-5-4-6-18(13-17)29-3/h4-8,13-15H,9-12H2,1-3H3,(H,24,25,26). The van der Waals surface area contributed by atoms with E-state index < -0.39 is 0 Å². The number of nitrogens with zero attached hydrogens (tertiary/aromatic N) is 3. The molecule has 1 fully saturated rings. The van der Waals surface area contributed by atoms with E-state index in [1.807, 2.05) is 36.1 Å². The Morgan fingerprint density at radius 2 is 2.00 bits per heavy atom. The van der Waals surface area contributed by atoms with Crippen molar-refractivity contribution in [2.75, 3.05) is 24.7 Å². The number of carbonyl (C=O) groups excluding carboxylic acids is 1. The lowest BCUT2D eigenvalue weighted by Crippen LogP contribution is -2.38. The number of carbonyl (C=O) groups is 1. The van der Waals surface area contributed by atoms with Crippen molar-refractivity contribution in [1.82, 2.24) is 14.9 Å². The van der Waals surface area contributed by atoms with Crippen LogP contribution in [0.5, 0.6) is 0 Å². The second kappa shape index (κ2) is 8.41. The number of fused-ring (bicyclic) bond motifs is 1. The van der Waals surface area contributed by atoms with Crippen molar-refractivity contribution in [3.05, 3.63) is 53.9 Å². The van der Waals surface area contributed by atoms with Gasteiger partial charge in [0.25, 0.3) is 5.91 Å². The Balaban J connectivity index is 1.78. The van der Waals surface area contributed by atoms with Gasteiger partial charge in [-0.1, -0.05) is 13.0 Å². The smallest absolute Gasteiger partial charge is 0.257 e. The molecular formula is C23H26N4OS.